The molecule has 6 nitrogen and oxygen atoms in total. The fraction of sp³-hybridized carbons (Fsp3) is 0.476. The van der Waals surface area contributed by atoms with Crippen LogP contribution in [0.25, 0.3) is 10.9 Å². The number of methoxy groups -OCH3 is 1. The Morgan fingerprint density at radius 2 is 1.89 bits per heavy atom. The Morgan fingerprint density at radius 3 is 2.54 bits per heavy atom. The lowest BCUT2D eigenvalue weighted by atomic mass is 10.1. The van der Waals surface area contributed by atoms with Gasteiger partial charge in [0.05, 0.1) is 18.2 Å². The number of fused-ring (bicyclic) bond motifs is 1. The van der Waals surface area contributed by atoms with Gasteiger partial charge < -0.3 is 14.5 Å². The molecule has 1 aromatic heterocycles. The highest BCUT2D eigenvalue weighted by atomic mass is 28.4. The maximum absolute atomic E-state index is 12.6. The lowest BCUT2D eigenvalue weighted by molar-refractivity contribution is -0.143. The first-order valence-electron chi connectivity index (χ1n) is 9.42. The molecule has 2 rings (SSSR count). The molecule has 0 unspecified atom stereocenters. The minimum Gasteiger partial charge on any atom is -0.467 e. The predicted molar refractivity (Wildman–Crippen MR) is 113 cm³/mol. The van der Waals surface area contributed by atoms with E-state index < -0.39 is 20.3 Å². The van der Waals surface area contributed by atoms with Gasteiger partial charge >= 0.3 is 5.97 Å². The SMILES string of the molecule is COC(=O)[C@@H](CCO[Si](C)(C)C(C)(C)C)NC(=O)c1cnc2ccccc2c1. The van der Waals surface area contributed by atoms with Crippen molar-refractivity contribution in [3.05, 3.63) is 42.1 Å². The first kappa shape index (κ1) is 22.0. The molecule has 0 fully saturated rings. The van der Waals surface area contributed by atoms with E-state index in [2.05, 4.69) is 44.2 Å². The van der Waals surface area contributed by atoms with E-state index in [1.807, 2.05) is 24.3 Å². The highest BCUT2D eigenvalue weighted by Gasteiger charge is 2.37. The molecule has 1 heterocycles. The Hall–Kier alpha value is -2.25. The van der Waals surface area contributed by atoms with Crippen molar-refractivity contribution in [3.8, 4) is 0 Å². The number of hydrogen-bond donors (Lipinski definition) is 1. The summed E-state index contributed by atoms with van der Waals surface area (Å²) in [4.78, 5) is 29.1. The standard InChI is InChI=1S/C21H30N2O4Si/c1-21(2,3)28(5,6)27-12-11-18(20(25)26-4)23-19(24)16-13-15-9-7-8-10-17(15)22-14-16/h7-10,13-14,18H,11-12H2,1-6H3,(H,23,24)/t18-/m1/s1. The zero-order valence-electron chi connectivity index (χ0n) is 17.5. The topological polar surface area (TPSA) is 77.5 Å². The van der Waals surface area contributed by atoms with Gasteiger partial charge in [-0.15, -0.1) is 0 Å². The van der Waals surface area contributed by atoms with Crippen molar-refractivity contribution in [1.29, 1.82) is 0 Å². The number of amides is 1. The second kappa shape index (κ2) is 8.83. The van der Waals surface area contributed by atoms with Crippen molar-refractivity contribution in [2.75, 3.05) is 13.7 Å². The van der Waals surface area contributed by atoms with Crippen LogP contribution in [0, 0.1) is 0 Å². The number of ether oxygens (including phenoxy) is 1. The summed E-state index contributed by atoms with van der Waals surface area (Å²) in [5.41, 5.74) is 1.21. The van der Waals surface area contributed by atoms with Gasteiger partial charge in [0.15, 0.2) is 8.32 Å². The third kappa shape index (κ3) is 5.39. The molecule has 28 heavy (non-hydrogen) atoms. The number of rotatable bonds is 7. The van der Waals surface area contributed by atoms with E-state index in [1.165, 1.54) is 13.3 Å². The molecule has 0 radical (unpaired) electrons. The molecule has 152 valence electrons. The van der Waals surface area contributed by atoms with E-state index in [4.69, 9.17) is 9.16 Å². The minimum atomic E-state index is -1.93. The summed E-state index contributed by atoms with van der Waals surface area (Å²) in [6, 6.07) is 8.55. The summed E-state index contributed by atoms with van der Waals surface area (Å²) in [6.45, 7) is 11.2. The van der Waals surface area contributed by atoms with Crippen LogP contribution in [0.3, 0.4) is 0 Å². The van der Waals surface area contributed by atoms with Crippen LogP contribution in [0.1, 0.15) is 37.6 Å². The van der Waals surface area contributed by atoms with Gasteiger partial charge in [-0.3, -0.25) is 9.78 Å². The van der Waals surface area contributed by atoms with Crippen molar-refractivity contribution in [1.82, 2.24) is 10.3 Å². The molecule has 1 amide bonds. The van der Waals surface area contributed by atoms with E-state index in [9.17, 15) is 9.59 Å². The largest absolute Gasteiger partial charge is 0.467 e. The van der Waals surface area contributed by atoms with E-state index in [1.54, 1.807) is 6.07 Å². The number of para-hydroxylation sites is 1. The molecule has 1 N–H and O–H groups in total. The average Bonchev–Trinajstić information content (AvgIpc) is 2.65. The maximum atomic E-state index is 12.6. The molecule has 0 bridgehead atoms. The van der Waals surface area contributed by atoms with Crippen LogP contribution < -0.4 is 5.32 Å². The quantitative estimate of drug-likeness (QED) is 0.561. The fourth-order valence-electron chi connectivity index (χ4n) is 2.48. The molecule has 0 aliphatic carbocycles. The molecule has 1 aromatic carbocycles. The highest BCUT2D eigenvalue weighted by Crippen LogP contribution is 2.36. The van der Waals surface area contributed by atoms with Crippen LogP contribution in [-0.4, -0.2) is 44.9 Å². The molecule has 7 heteroatoms. The van der Waals surface area contributed by atoms with E-state index >= 15 is 0 Å². The summed E-state index contributed by atoms with van der Waals surface area (Å²) in [5, 5.41) is 3.70. The lowest BCUT2D eigenvalue weighted by Gasteiger charge is -2.36. The Kier molecular flexibility index (Phi) is 6.95. The van der Waals surface area contributed by atoms with Gasteiger partial charge in [0, 0.05) is 24.6 Å². The number of carbonyl (C=O) groups excluding carboxylic acids is 2. The van der Waals surface area contributed by atoms with Crippen molar-refractivity contribution in [3.63, 3.8) is 0 Å². The van der Waals surface area contributed by atoms with Gasteiger partial charge in [-0.2, -0.15) is 0 Å². The van der Waals surface area contributed by atoms with Crippen LogP contribution in [0.15, 0.2) is 36.5 Å². The van der Waals surface area contributed by atoms with Gasteiger partial charge in [-0.25, -0.2) is 4.79 Å². The summed E-state index contributed by atoms with van der Waals surface area (Å²) in [6.07, 6.45) is 1.87. The second-order valence-electron chi connectivity index (χ2n) is 8.36. The number of esters is 1. The van der Waals surface area contributed by atoms with Crippen molar-refractivity contribution in [2.45, 2.75) is 51.4 Å². The van der Waals surface area contributed by atoms with Crippen molar-refractivity contribution < 1.29 is 18.8 Å². The summed E-state index contributed by atoms with van der Waals surface area (Å²) >= 11 is 0. The smallest absolute Gasteiger partial charge is 0.328 e. The van der Waals surface area contributed by atoms with Crippen LogP contribution in [-0.2, 0) is 14.0 Å². The molecule has 0 aliphatic rings. The third-order valence-corrected chi connectivity index (χ3v) is 9.86. The van der Waals surface area contributed by atoms with Crippen LogP contribution in [0.2, 0.25) is 18.1 Å². The van der Waals surface area contributed by atoms with Crippen molar-refractivity contribution in [2.24, 2.45) is 0 Å². The predicted octanol–water partition coefficient (Wildman–Crippen LogP) is 3.92. The third-order valence-electron chi connectivity index (χ3n) is 5.32. The number of hydrogen-bond acceptors (Lipinski definition) is 5. The number of aromatic nitrogens is 1. The van der Waals surface area contributed by atoms with Crippen LogP contribution in [0.5, 0.6) is 0 Å². The van der Waals surface area contributed by atoms with Crippen molar-refractivity contribution >= 4 is 31.1 Å². The van der Waals surface area contributed by atoms with Gasteiger partial charge in [0.1, 0.15) is 6.04 Å². The Morgan fingerprint density at radius 1 is 1.21 bits per heavy atom. The Balaban J connectivity index is 2.06. The van der Waals surface area contributed by atoms with Gasteiger partial charge in [0.25, 0.3) is 5.91 Å². The fourth-order valence-corrected chi connectivity index (χ4v) is 3.54. The van der Waals surface area contributed by atoms with E-state index in [0.29, 0.717) is 18.6 Å². The molecular formula is C21H30N2O4Si. The Labute approximate surface area is 167 Å². The number of carbonyl (C=O) groups is 2. The average molecular weight is 403 g/mol. The first-order valence-corrected chi connectivity index (χ1v) is 12.3. The summed E-state index contributed by atoms with van der Waals surface area (Å²) in [7, 11) is -0.613. The minimum absolute atomic E-state index is 0.0772. The second-order valence-corrected chi connectivity index (χ2v) is 13.2. The highest BCUT2D eigenvalue weighted by molar-refractivity contribution is 6.74. The van der Waals surface area contributed by atoms with Crippen LogP contribution in [0.4, 0.5) is 0 Å². The van der Waals surface area contributed by atoms with Crippen LogP contribution >= 0.6 is 0 Å². The molecule has 0 saturated heterocycles. The normalized spacial score (nSPS) is 13.2. The molecule has 0 aliphatic heterocycles. The molecular weight excluding hydrogens is 372 g/mol. The molecule has 0 saturated carbocycles. The molecule has 1 atom stereocenters. The molecule has 2 aromatic rings. The number of benzene rings is 1. The maximum Gasteiger partial charge on any atom is 0.328 e. The summed E-state index contributed by atoms with van der Waals surface area (Å²) in [5.74, 6) is -0.845. The van der Waals surface area contributed by atoms with Gasteiger partial charge in [-0.1, -0.05) is 39.0 Å². The van der Waals surface area contributed by atoms with E-state index in [-0.39, 0.29) is 10.9 Å². The molecule has 0 spiro atoms. The van der Waals surface area contributed by atoms with Gasteiger partial charge in [0.2, 0.25) is 0 Å². The zero-order valence-corrected chi connectivity index (χ0v) is 18.5. The van der Waals surface area contributed by atoms with Gasteiger partial charge in [-0.05, 0) is 30.3 Å². The monoisotopic (exact) mass is 402 g/mol. The lowest BCUT2D eigenvalue weighted by Crippen LogP contribution is -2.45. The first-order chi connectivity index (χ1) is 13.0. The van der Waals surface area contributed by atoms with E-state index in [0.717, 1.165) is 10.9 Å². The zero-order chi connectivity index (χ0) is 20.9. The number of nitrogens with one attached hydrogen (secondary N) is 1. The number of nitrogens with zero attached hydrogens (tertiary/aromatic N) is 1. The summed E-state index contributed by atoms with van der Waals surface area (Å²) < 4.78 is 11.0. The Bertz CT molecular complexity index is 846. The number of pyridine rings is 1.